The monoisotopic (exact) mass is 351 g/mol. The number of carbonyl (C=O) groups is 1. The van der Waals surface area contributed by atoms with E-state index in [9.17, 15) is 18.0 Å². The molecule has 0 spiro atoms. The summed E-state index contributed by atoms with van der Waals surface area (Å²) in [7, 11) is 1.52. The number of benzene rings is 1. The molecule has 0 bridgehead atoms. The number of thiocarbonyl (C=S) groups is 1. The molecule has 0 aliphatic carbocycles. The molecule has 0 atom stereocenters. The molecule has 1 rings (SSSR count). The fourth-order valence-corrected chi connectivity index (χ4v) is 1.62. The van der Waals surface area contributed by atoms with E-state index in [1.807, 2.05) is 0 Å². The zero-order valence-electron chi connectivity index (χ0n) is 12.2. The van der Waals surface area contributed by atoms with Gasteiger partial charge >= 0.3 is 6.36 Å². The van der Waals surface area contributed by atoms with Crippen molar-refractivity contribution in [3.63, 3.8) is 0 Å². The Balaban J connectivity index is 2.35. The summed E-state index contributed by atoms with van der Waals surface area (Å²) in [6, 6.07) is 5.03. The number of hydrogen-bond donors (Lipinski definition) is 3. The van der Waals surface area contributed by atoms with Crippen LogP contribution in [0.2, 0.25) is 0 Å². The second-order valence-electron chi connectivity index (χ2n) is 4.22. The molecular formula is C13H16F3N3O3S. The molecule has 0 heterocycles. The smallest absolute Gasteiger partial charge is 0.406 e. The zero-order chi connectivity index (χ0) is 17.3. The van der Waals surface area contributed by atoms with Crippen LogP contribution in [0.15, 0.2) is 24.3 Å². The predicted octanol–water partition coefficient (Wildman–Crippen LogP) is 1.63. The van der Waals surface area contributed by atoms with Crippen molar-refractivity contribution in [3.05, 3.63) is 24.3 Å². The summed E-state index contributed by atoms with van der Waals surface area (Å²) in [6.07, 6.45) is -4.73. The van der Waals surface area contributed by atoms with Gasteiger partial charge in [-0.3, -0.25) is 4.79 Å². The number of anilines is 1. The van der Waals surface area contributed by atoms with E-state index in [0.717, 1.165) is 12.1 Å². The summed E-state index contributed by atoms with van der Waals surface area (Å²) >= 11 is 4.97. The summed E-state index contributed by atoms with van der Waals surface area (Å²) in [5.74, 6) is -0.598. The van der Waals surface area contributed by atoms with Crippen LogP contribution in [0.4, 0.5) is 18.9 Å². The van der Waals surface area contributed by atoms with Crippen LogP contribution in [0.3, 0.4) is 0 Å². The predicted molar refractivity (Wildman–Crippen MR) is 82.2 cm³/mol. The molecule has 0 saturated carbocycles. The molecule has 0 saturated heterocycles. The minimum Gasteiger partial charge on any atom is -0.406 e. The van der Waals surface area contributed by atoms with E-state index in [-0.39, 0.29) is 23.3 Å². The molecular weight excluding hydrogens is 335 g/mol. The first kappa shape index (κ1) is 19.0. The maximum atomic E-state index is 12.0. The molecule has 0 aliphatic rings. The quantitative estimate of drug-likeness (QED) is 0.512. The second-order valence-corrected chi connectivity index (χ2v) is 4.63. The highest BCUT2D eigenvalue weighted by Gasteiger charge is 2.30. The molecule has 0 aromatic heterocycles. The first-order valence-electron chi connectivity index (χ1n) is 6.46. The molecule has 1 amide bonds. The molecule has 23 heavy (non-hydrogen) atoms. The molecule has 3 N–H and O–H groups in total. The normalized spacial score (nSPS) is 10.8. The third-order valence-corrected chi connectivity index (χ3v) is 2.63. The minimum atomic E-state index is -4.73. The SMILES string of the molecule is COCCNC(=O)CNC(=S)Nc1ccc(OC(F)(F)F)cc1. The molecule has 10 heteroatoms. The van der Waals surface area contributed by atoms with Crippen LogP contribution in [0.25, 0.3) is 0 Å². The van der Waals surface area contributed by atoms with Crippen LogP contribution in [0.1, 0.15) is 0 Å². The van der Waals surface area contributed by atoms with Crippen molar-refractivity contribution in [3.8, 4) is 5.75 Å². The van der Waals surface area contributed by atoms with E-state index in [1.54, 1.807) is 0 Å². The molecule has 0 unspecified atom stereocenters. The van der Waals surface area contributed by atoms with E-state index < -0.39 is 6.36 Å². The number of hydrogen-bond acceptors (Lipinski definition) is 4. The zero-order valence-corrected chi connectivity index (χ0v) is 13.0. The first-order chi connectivity index (χ1) is 10.8. The molecule has 6 nitrogen and oxygen atoms in total. The highest BCUT2D eigenvalue weighted by Crippen LogP contribution is 2.23. The topological polar surface area (TPSA) is 71.6 Å². The van der Waals surface area contributed by atoms with Crippen molar-refractivity contribution in [2.75, 3.05) is 32.1 Å². The summed E-state index contributed by atoms with van der Waals surface area (Å²) in [4.78, 5) is 11.4. The Labute approximate surface area is 136 Å². The van der Waals surface area contributed by atoms with Gasteiger partial charge in [0.15, 0.2) is 5.11 Å². The highest BCUT2D eigenvalue weighted by atomic mass is 32.1. The minimum absolute atomic E-state index is 0.0369. The van der Waals surface area contributed by atoms with Gasteiger partial charge in [0.25, 0.3) is 0 Å². The van der Waals surface area contributed by atoms with Crippen LogP contribution in [0, 0.1) is 0 Å². The van der Waals surface area contributed by atoms with Crippen LogP contribution in [0.5, 0.6) is 5.75 Å². The maximum Gasteiger partial charge on any atom is 0.573 e. The number of ether oxygens (including phenoxy) is 2. The van der Waals surface area contributed by atoms with Gasteiger partial charge < -0.3 is 25.4 Å². The number of alkyl halides is 3. The van der Waals surface area contributed by atoms with E-state index in [2.05, 4.69) is 20.7 Å². The number of halogens is 3. The Hall–Kier alpha value is -2.07. The number of amides is 1. The maximum absolute atomic E-state index is 12.0. The third kappa shape index (κ3) is 8.83. The van der Waals surface area contributed by atoms with Gasteiger partial charge in [-0.1, -0.05) is 0 Å². The van der Waals surface area contributed by atoms with Crippen LogP contribution in [-0.4, -0.2) is 44.2 Å². The average Bonchev–Trinajstić information content (AvgIpc) is 2.46. The lowest BCUT2D eigenvalue weighted by molar-refractivity contribution is -0.274. The summed E-state index contributed by atoms with van der Waals surface area (Å²) in [5.41, 5.74) is 0.455. The van der Waals surface area contributed by atoms with Crippen molar-refractivity contribution < 1.29 is 27.4 Å². The third-order valence-electron chi connectivity index (χ3n) is 2.38. The van der Waals surface area contributed by atoms with Crippen molar-refractivity contribution in [2.45, 2.75) is 6.36 Å². The Kier molecular flexibility index (Phi) is 7.55. The van der Waals surface area contributed by atoms with Crippen molar-refractivity contribution >= 4 is 28.9 Å². The van der Waals surface area contributed by atoms with Gasteiger partial charge in [0, 0.05) is 19.3 Å². The van der Waals surface area contributed by atoms with Gasteiger partial charge in [-0.2, -0.15) is 0 Å². The largest absolute Gasteiger partial charge is 0.573 e. The van der Waals surface area contributed by atoms with Gasteiger partial charge in [-0.15, -0.1) is 13.2 Å². The van der Waals surface area contributed by atoms with E-state index >= 15 is 0 Å². The molecule has 1 aromatic carbocycles. The van der Waals surface area contributed by atoms with Crippen LogP contribution < -0.4 is 20.7 Å². The Bertz CT molecular complexity index is 523. The molecule has 128 valence electrons. The fraction of sp³-hybridized carbons (Fsp3) is 0.385. The lowest BCUT2D eigenvalue weighted by atomic mass is 10.3. The van der Waals surface area contributed by atoms with Gasteiger partial charge in [-0.05, 0) is 36.5 Å². The Morgan fingerprint density at radius 3 is 2.43 bits per heavy atom. The Morgan fingerprint density at radius 1 is 1.22 bits per heavy atom. The van der Waals surface area contributed by atoms with Crippen molar-refractivity contribution in [2.24, 2.45) is 0 Å². The molecule has 0 fully saturated rings. The second kappa shape index (κ2) is 9.16. The van der Waals surface area contributed by atoms with Crippen LogP contribution in [-0.2, 0) is 9.53 Å². The number of rotatable bonds is 7. The lowest BCUT2D eigenvalue weighted by Gasteiger charge is -2.12. The standard InChI is InChI=1S/C13H16F3N3O3S/c1-21-7-6-17-11(20)8-18-12(23)19-9-2-4-10(5-3-9)22-13(14,15)16/h2-5H,6-8H2,1H3,(H,17,20)(H2,18,19,23). The number of carbonyl (C=O) groups excluding carboxylic acids is 1. The van der Waals surface area contributed by atoms with E-state index in [0.29, 0.717) is 18.8 Å². The van der Waals surface area contributed by atoms with E-state index in [4.69, 9.17) is 17.0 Å². The Morgan fingerprint density at radius 2 is 1.87 bits per heavy atom. The van der Waals surface area contributed by atoms with Gasteiger partial charge in [0.2, 0.25) is 5.91 Å². The van der Waals surface area contributed by atoms with Crippen molar-refractivity contribution in [1.29, 1.82) is 0 Å². The molecule has 1 aromatic rings. The summed E-state index contributed by atoms with van der Waals surface area (Å²) < 4.78 is 44.6. The molecule has 0 radical (unpaired) electrons. The molecule has 0 aliphatic heterocycles. The van der Waals surface area contributed by atoms with E-state index in [1.165, 1.54) is 19.2 Å². The van der Waals surface area contributed by atoms with Gasteiger partial charge in [0.05, 0.1) is 13.2 Å². The van der Waals surface area contributed by atoms with Gasteiger partial charge in [-0.25, -0.2) is 0 Å². The average molecular weight is 351 g/mol. The summed E-state index contributed by atoms with van der Waals surface area (Å²) in [5, 5.41) is 8.16. The summed E-state index contributed by atoms with van der Waals surface area (Å²) in [6.45, 7) is 0.753. The highest BCUT2D eigenvalue weighted by molar-refractivity contribution is 7.80. The lowest BCUT2D eigenvalue weighted by Crippen LogP contribution is -2.39. The van der Waals surface area contributed by atoms with Gasteiger partial charge in [0.1, 0.15) is 5.75 Å². The first-order valence-corrected chi connectivity index (χ1v) is 6.87. The number of methoxy groups -OCH3 is 1. The van der Waals surface area contributed by atoms with Crippen LogP contribution >= 0.6 is 12.2 Å². The van der Waals surface area contributed by atoms with Crippen molar-refractivity contribution in [1.82, 2.24) is 10.6 Å². The fourth-order valence-electron chi connectivity index (χ4n) is 1.43. The number of nitrogens with one attached hydrogen (secondary N) is 3.